The van der Waals surface area contributed by atoms with Crippen LogP contribution in [0, 0.1) is 5.92 Å². The molecular formula is C10H19BrN2O3S. The van der Waals surface area contributed by atoms with Crippen LogP contribution < -0.4 is 10.0 Å². The van der Waals surface area contributed by atoms with Gasteiger partial charge in [0, 0.05) is 11.0 Å². The van der Waals surface area contributed by atoms with E-state index in [9.17, 15) is 13.2 Å². The van der Waals surface area contributed by atoms with Gasteiger partial charge in [-0.3, -0.25) is 4.79 Å². The Morgan fingerprint density at radius 1 is 1.41 bits per heavy atom. The molecule has 0 fully saturated rings. The fourth-order valence-corrected chi connectivity index (χ4v) is 2.10. The van der Waals surface area contributed by atoms with E-state index in [1.165, 1.54) is 0 Å². The minimum atomic E-state index is -3.40. The molecule has 0 bridgehead atoms. The maximum Gasteiger partial charge on any atom is 0.238 e. The van der Waals surface area contributed by atoms with Crippen LogP contribution in [0.25, 0.3) is 0 Å². The molecule has 0 saturated carbocycles. The largest absolute Gasteiger partial charge is 0.350 e. The summed E-state index contributed by atoms with van der Waals surface area (Å²) in [4.78, 5) is 11.8. The monoisotopic (exact) mass is 326 g/mol. The SMILES string of the molecule is C=C(Br)CNC(=O)C(CC(C)C)NS(C)(=O)=O. The van der Waals surface area contributed by atoms with Gasteiger partial charge in [0.05, 0.1) is 6.26 Å². The summed E-state index contributed by atoms with van der Waals surface area (Å²) in [6.07, 6.45) is 1.49. The Kier molecular flexibility index (Phi) is 6.96. The molecule has 0 rings (SSSR count). The van der Waals surface area contributed by atoms with Gasteiger partial charge in [0.2, 0.25) is 15.9 Å². The lowest BCUT2D eigenvalue weighted by Crippen LogP contribution is -2.47. The summed E-state index contributed by atoms with van der Waals surface area (Å²) in [5.41, 5.74) is 0. The third kappa shape index (κ3) is 9.31. The van der Waals surface area contributed by atoms with E-state index in [4.69, 9.17) is 0 Å². The van der Waals surface area contributed by atoms with Crippen molar-refractivity contribution in [2.45, 2.75) is 26.3 Å². The number of carbonyl (C=O) groups excluding carboxylic acids is 1. The molecular weight excluding hydrogens is 308 g/mol. The molecule has 2 N–H and O–H groups in total. The fraction of sp³-hybridized carbons (Fsp3) is 0.700. The molecule has 0 heterocycles. The standard InChI is InChI=1S/C10H19BrN2O3S/c1-7(2)5-9(13-17(4,15)16)10(14)12-6-8(3)11/h7,9,13H,3,5-6H2,1-2,4H3,(H,12,14). The van der Waals surface area contributed by atoms with Crippen molar-refractivity contribution < 1.29 is 13.2 Å². The number of hydrogen-bond acceptors (Lipinski definition) is 3. The second-order valence-corrected chi connectivity index (χ2v) is 7.21. The number of amides is 1. The molecule has 0 aliphatic rings. The predicted octanol–water partition coefficient (Wildman–Crippen LogP) is 0.975. The summed E-state index contributed by atoms with van der Waals surface area (Å²) >= 11 is 3.12. The van der Waals surface area contributed by atoms with E-state index in [-0.39, 0.29) is 18.4 Å². The molecule has 100 valence electrons. The van der Waals surface area contributed by atoms with Gasteiger partial charge in [-0.15, -0.1) is 0 Å². The van der Waals surface area contributed by atoms with Gasteiger partial charge >= 0.3 is 0 Å². The molecule has 0 aliphatic carbocycles. The van der Waals surface area contributed by atoms with Crippen LogP contribution in [0.15, 0.2) is 11.1 Å². The van der Waals surface area contributed by atoms with Crippen molar-refractivity contribution >= 4 is 31.9 Å². The van der Waals surface area contributed by atoms with Crippen LogP contribution in [0.2, 0.25) is 0 Å². The Morgan fingerprint density at radius 3 is 2.29 bits per heavy atom. The number of carbonyl (C=O) groups is 1. The maximum atomic E-state index is 11.8. The Morgan fingerprint density at radius 2 is 1.94 bits per heavy atom. The Hall–Kier alpha value is -0.400. The van der Waals surface area contributed by atoms with Crippen LogP contribution in [0.3, 0.4) is 0 Å². The first-order valence-electron chi connectivity index (χ1n) is 5.20. The van der Waals surface area contributed by atoms with Crippen molar-refractivity contribution in [1.82, 2.24) is 10.0 Å². The van der Waals surface area contributed by atoms with Gasteiger partial charge in [-0.05, 0) is 12.3 Å². The summed E-state index contributed by atoms with van der Waals surface area (Å²) in [6, 6.07) is -0.739. The Labute approximate surface area is 111 Å². The van der Waals surface area contributed by atoms with Crippen LogP contribution in [0.5, 0.6) is 0 Å². The molecule has 0 aromatic carbocycles. The lowest BCUT2D eigenvalue weighted by molar-refractivity contribution is -0.122. The summed E-state index contributed by atoms with van der Waals surface area (Å²) in [5.74, 6) is -0.128. The van der Waals surface area contributed by atoms with Crippen molar-refractivity contribution in [2.75, 3.05) is 12.8 Å². The van der Waals surface area contributed by atoms with Gasteiger partial charge < -0.3 is 5.32 Å². The van der Waals surface area contributed by atoms with Crippen molar-refractivity contribution in [2.24, 2.45) is 5.92 Å². The van der Waals surface area contributed by atoms with Crippen LogP contribution in [-0.2, 0) is 14.8 Å². The minimum absolute atomic E-state index is 0.215. The minimum Gasteiger partial charge on any atom is -0.350 e. The first-order chi connectivity index (χ1) is 7.61. The Bertz CT molecular complexity index is 379. The average Bonchev–Trinajstić information content (AvgIpc) is 2.09. The number of rotatable bonds is 7. The van der Waals surface area contributed by atoms with Crippen LogP contribution in [-0.4, -0.2) is 33.2 Å². The van der Waals surface area contributed by atoms with E-state index in [2.05, 4.69) is 32.5 Å². The molecule has 0 radical (unpaired) electrons. The molecule has 5 nitrogen and oxygen atoms in total. The highest BCUT2D eigenvalue weighted by atomic mass is 79.9. The topological polar surface area (TPSA) is 75.3 Å². The highest BCUT2D eigenvalue weighted by molar-refractivity contribution is 9.11. The first-order valence-corrected chi connectivity index (χ1v) is 7.88. The van der Waals surface area contributed by atoms with E-state index in [0.29, 0.717) is 10.9 Å². The zero-order valence-electron chi connectivity index (χ0n) is 10.3. The molecule has 0 aromatic heterocycles. The average molecular weight is 327 g/mol. The van der Waals surface area contributed by atoms with E-state index < -0.39 is 16.1 Å². The highest BCUT2D eigenvalue weighted by Gasteiger charge is 2.22. The summed E-state index contributed by atoms with van der Waals surface area (Å²) in [6.45, 7) is 7.71. The maximum absolute atomic E-state index is 11.8. The lowest BCUT2D eigenvalue weighted by Gasteiger charge is -2.18. The summed E-state index contributed by atoms with van der Waals surface area (Å²) in [5, 5.41) is 2.60. The number of sulfonamides is 1. The molecule has 0 aliphatic heterocycles. The highest BCUT2D eigenvalue weighted by Crippen LogP contribution is 2.06. The zero-order valence-corrected chi connectivity index (χ0v) is 12.7. The van der Waals surface area contributed by atoms with Gasteiger partial charge in [0.1, 0.15) is 6.04 Å². The van der Waals surface area contributed by atoms with Gasteiger partial charge in [0.15, 0.2) is 0 Å². The Balaban J connectivity index is 4.56. The predicted molar refractivity (Wildman–Crippen MR) is 72.3 cm³/mol. The number of nitrogens with one attached hydrogen (secondary N) is 2. The fourth-order valence-electron chi connectivity index (χ4n) is 1.24. The quantitative estimate of drug-likeness (QED) is 0.732. The van der Waals surface area contributed by atoms with E-state index in [1.54, 1.807) is 0 Å². The van der Waals surface area contributed by atoms with Gasteiger partial charge in [-0.2, -0.15) is 0 Å². The second kappa shape index (κ2) is 7.13. The molecule has 1 unspecified atom stereocenters. The van der Waals surface area contributed by atoms with Crippen molar-refractivity contribution in [1.29, 1.82) is 0 Å². The molecule has 0 spiro atoms. The number of hydrogen-bond donors (Lipinski definition) is 2. The van der Waals surface area contributed by atoms with Crippen LogP contribution in [0.1, 0.15) is 20.3 Å². The normalized spacial score (nSPS) is 13.5. The first kappa shape index (κ1) is 16.6. The molecule has 1 atom stereocenters. The lowest BCUT2D eigenvalue weighted by atomic mass is 10.0. The third-order valence-electron chi connectivity index (χ3n) is 1.83. The van der Waals surface area contributed by atoms with E-state index in [1.807, 2.05) is 13.8 Å². The number of halogens is 1. The smallest absolute Gasteiger partial charge is 0.238 e. The van der Waals surface area contributed by atoms with Crippen LogP contribution in [0.4, 0.5) is 0 Å². The molecule has 0 aromatic rings. The van der Waals surface area contributed by atoms with Crippen molar-refractivity contribution in [3.05, 3.63) is 11.1 Å². The van der Waals surface area contributed by atoms with Gasteiger partial charge in [-0.1, -0.05) is 36.4 Å². The zero-order chi connectivity index (χ0) is 13.6. The molecule has 0 saturated heterocycles. The van der Waals surface area contributed by atoms with Gasteiger partial charge in [0.25, 0.3) is 0 Å². The van der Waals surface area contributed by atoms with Crippen LogP contribution >= 0.6 is 15.9 Å². The van der Waals surface area contributed by atoms with Crippen molar-refractivity contribution in [3.8, 4) is 0 Å². The summed E-state index contributed by atoms with van der Waals surface area (Å²) < 4.78 is 25.3. The van der Waals surface area contributed by atoms with Crippen molar-refractivity contribution in [3.63, 3.8) is 0 Å². The molecule has 17 heavy (non-hydrogen) atoms. The third-order valence-corrected chi connectivity index (χ3v) is 2.83. The van der Waals surface area contributed by atoms with Gasteiger partial charge in [-0.25, -0.2) is 13.1 Å². The second-order valence-electron chi connectivity index (χ2n) is 4.31. The summed E-state index contributed by atoms with van der Waals surface area (Å²) in [7, 11) is -3.40. The van der Waals surface area contributed by atoms with E-state index >= 15 is 0 Å². The molecule has 1 amide bonds. The van der Waals surface area contributed by atoms with E-state index in [0.717, 1.165) is 6.26 Å². The molecule has 7 heteroatoms.